The van der Waals surface area contributed by atoms with Crippen LogP contribution in [0.25, 0.3) is 0 Å². The summed E-state index contributed by atoms with van der Waals surface area (Å²) in [6.07, 6.45) is -1.24. The van der Waals surface area contributed by atoms with Gasteiger partial charge in [0.25, 0.3) is 0 Å². The van der Waals surface area contributed by atoms with E-state index in [2.05, 4.69) is 20.7 Å². The number of benzene rings is 1. The Morgan fingerprint density at radius 2 is 1.89 bits per heavy atom. The zero-order chi connectivity index (χ0) is 28.2. The Balaban J connectivity index is 1.84. The molecule has 0 aliphatic carbocycles. The highest BCUT2D eigenvalue weighted by molar-refractivity contribution is 6.01. The van der Waals surface area contributed by atoms with Crippen LogP contribution in [0.5, 0.6) is 5.75 Å². The van der Waals surface area contributed by atoms with Crippen LogP contribution in [0.3, 0.4) is 0 Å². The zero-order valence-electron chi connectivity index (χ0n) is 22.5. The minimum atomic E-state index is -4.51. The van der Waals surface area contributed by atoms with Crippen molar-refractivity contribution in [3.63, 3.8) is 0 Å². The maximum absolute atomic E-state index is 13.6. The molecule has 206 valence electrons. The first kappa shape index (κ1) is 28.9. The van der Waals surface area contributed by atoms with Crippen molar-refractivity contribution < 1.29 is 17.9 Å². The second kappa shape index (κ2) is 11.8. The lowest BCUT2D eigenvalue weighted by molar-refractivity contribution is -0.137. The molecule has 3 rings (SSSR count). The summed E-state index contributed by atoms with van der Waals surface area (Å²) in [6.45, 7) is 8.04. The van der Waals surface area contributed by atoms with Gasteiger partial charge in [-0.1, -0.05) is 13.8 Å². The summed E-state index contributed by atoms with van der Waals surface area (Å²) in [7, 11) is 3.24. The summed E-state index contributed by atoms with van der Waals surface area (Å²) in [6, 6.07) is 4.05. The molecule has 0 fully saturated rings. The van der Waals surface area contributed by atoms with Crippen LogP contribution in [-0.4, -0.2) is 40.2 Å². The molecule has 0 spiro atoms. The second-order valence-corrected chi connectivity index (χ2v) is 9.42. The number of rotatable bonds is 11. The standard InChI is InChI=1S/C26H35F3N8O/c1-15(2)32-12-19-8-20(26(27,28)29)9-23(25(19)38-6)34-11-18-7-24(16(3)33-10-18)37(31)14-22(30)21-13-35-36(5)17(21)4/h7-10,13,15,30,32,34H,11-12,14,31H2,1-6H3. The van der Waals surface area contributed by atoms with Crippen molar-refractivity contribution in [2.24, 2.45) is 12.9 Å². The highest BCUT2D eigenvalue weighted by Gasteiger charge is 2.32. The van der Waals surface area contributed by atoms with Crippen molar-refractivity contribution in [3.8, 4) is 5.75 Å². The number of alkyl halides is 3. The Labute approximate surface area is 220 Å². The largest absolute Gasteiger partial charge is 0.494 e. The summed E-state index contributed by atoms with van der Waals surface area (Å²) < 4.78 is 48.1. The third-order valence-corrected chi connectivity index (χ3v) is 6.20. The summed E-state index contributed by atoms with van der Waals surface area (Å²) in [5.74, 6) is 6.65. The quantitative estimate of drug-likeness (QED) is 0.165. The molecule has 38 heavy (non-hydrogen) atoms. The molecule has 0 saturated heterocycles. The van der Waals surface area contributed by atoms with Crippen LogP contribution < -0.4 is 26.2 Å². The van der Waals surface area contributed by atoms with Crippen molar-refractivity contribution in [3.05, 3.63) is 64.2 Å². The number of hydrazine groups is 1. The fourth-order valence-corrected chi connectivity index (χ4v) is 3.95. The van der Waals surface area contributed by atoms with Crippen LogP contribution in [0.1, 0.15) is 47.5 Å². The number of hydrogen-bond acceptors (Lipinski definition) is 8. The number of nitrogens with one attached hydrogen (secondary N) is 3. The van der Waals surface area contributed by atoms with Crippen molar-refractivity contribution in [1.82, 2.24) is 20.1 Å². The van der Waals surface area contributed by atoms with E-state index in [1.54, 1.807) is 37.1 Å². The predicted molar refractivity (Wildman–Crippen MR) is 143 cm³/mol. The number of aryl methyl sites for hydroxylation is 2. The molecule has 3 aromatic rings. The number of ether oxygens (including phenoxy) is 1. The van der Waals surface area contributed by atoms with Gasteiger partial charge in [0.2, 0.25) is 0 Å². The van der Waals surface area contributed by atoms with Crippen LogP contribution in [-0.2, 0) is 26.3 Å². The Bertz CT molecular complexity index is 1290. The van der Waals surface area contributed by atoms with Crippen LogP contribution in [0, 0.1) is 19.3 Å². The van der Waals surface area contributed by atoms with Gasteiger partial charge in [-0.3, -0.25) is 9.67 Å². The molecule has 5 N–H and O–H groups in total. The maximum atomic E-state index is 13.6. The highest BCUT2D eigenvalue weighted by atomic mass is 19.4. The minimum Gasteiger partial charge on any atom is -0.494 e. The summed E-state index contributed by atoms with van der Waals surface area (Å²) in [5.41, 5.74) is 3.69. The molecule has 0 saturated carbocycles. The molecule has 0 aliphatic rings. The number of halogens is 3. The third kappa shape index (κ3) is 6.81. The van der Waals surface area contributed by atoms with Gasteiger partial charge in [0.15, 0.2) is 0 Å². The molecular formula is C26H35F3N8O. The van der Waals surface area contributed by atoms with E-state index in [0.29, 0.717) is 39.5 Å². The lowest BCUT2D eigenvalue weighted by Gasteiger charge is -2.22. The van der Waals surface area contributed by atoms with E-state index in [9.17, 15) is 13.2 Å². The molecule has 0 amide bonds. The topological polar surface area (TPSA) is 117 Å². The normalized spacial score (nSPS) is 11.7. The maximum Gasteiger partial charge on any atom is 0.416 e. The van der Waals surface area contributed by atoms with E-state index in [0.717, 1.165) is 17.8 Å². The molecule has 2 aromatic heterocycles. The Hall–Kier alpha value is -3.64. The first-order chi connectivity index (χ1) is 17.8. The highest BCUT2D eigenvalue weighted by Crippen LogP contribution is 2.38. The fraction of sp³-hybridized carbons (Fsp3) is 0.423. The Morgan fingerprint density at radius 3 is 2.47 bits per heavy atom. The second-order valence-electron chi connectivity index (χ2n) is 9.42. The number of anilines is 2. The van der Waals surface area contributed by atoms with Gasteiger partial charge in [-0.05, 0) is 37.6 Å². The first-order valence-corrected chi connectivity index (χ1v) is 12.1. The SMILES string of the molecule is COc1c(CNC(C)C)cc(C(F)(F)F)cc1NCc1cnc(C)c(N(N)CC(=N)c2cnn(C)c2C)c1. The van der Waals surface area contributed by atoms with Gasteiger partial charge in [0.05, 0.1) is 48.2 Å². The molecule has 9 nitrogen and oxygen atoms in total. The number of pyridine rings is 1. The molecule has 2 heterocycles. The van der Waals surface area contributed by atoms with Crippen molar-refractivity contribution in [2.75, 3.05) is 24.0 Å². The molecular weight excluding hydrogens is 497 g/mol. The molecule has 0 bridgehead atoms. The number of nitrogens with two attached hydrogens (primary N) is 1. The monoisotopic (exact) mass is 532 g/mol. The van der Waals surface area contributed by atoms with Crippen molar-refractivity contribution in [2.45, 2.75) is 53.0 Å². The number of aromatic nitrogens is 3. The number of hydrogen-bond donors (Lipinski definition) is 4. The first-order valence-electron chi connectivity index (χ1n) is 12.1. The molecule has 0 aliphatic heterocycles. The van der Waals surface area contributed by atoms with E-state index in [4.69, 9.17) is 16.0 Å². The van der Waals surface area contributed by atoms with Gasteiger partial charge in [0, 0.05) is 49.2 Å². The van der Waals surface area contributed by atoms with E-state index in [1.807, 2.05) is 20.8 Å². The third-order valence-electron chi connectivity index (χ3n) is 6.20. The van der Waals surface area contributed by atoms with Gasteiger partial charge in [0.1, 0.15) is 5.75 Å². The van der Waals surface area contributed by atoms with E-state index in [-0.39, 0.29) is 31.4 Å². The molecule has 0 unspecified atom stereocenters. The minimum absolute atomic E-state index is 0.0884. The molecule has 12 heteroatoms. The van der Waals surface area contributed by atoms with Crippen LogP contribution in [0.2, 0.25) is 0 Å². The molecule has 0 radical (unpaired) electrons. The average Bonchev–Trinajstić information content (AvgIpc) is 3.19. The van der Waals surface area contributed by atoms with Crippen molar-refractivity contribution in [1.29, 1.82) is 5.41 Å². The average molecular weight is 533 g/mol. The van der Waals surface area contributed by atoms with Crippen LogP contribution >= 0.6 is 0 Å². The lowest BCUT2D eigenvalue weighted by Crippen LogP contribution is -2.37. The number of methoxy groups -OCH3 is 1. The predicted octanol–water partition coefficient (Wildman–Crippen LogP) is 4.32. The summed E-state index contributed by atoms with van der Waals surface area (Å²) in [4.78, 5) is 4.41. The lowest BCUT2D eigenvalue weighted by atomic mass is 10.1. The smallest absolute Gasteiger partial charge is 0.416 e. The van der Waals surface area contributed by atoms with Gasteiger partial charge in [-0.15, -0.1) is 0 Å². The Kier molecular flexibility index (Phi) is 9.00. The van der Waals surface area contributed by atoms with Gasteiger partial charge in [-0.2, -0.15) is 18.3 Å². The van der Waals surface area contributed by atoms with Gasteiger partial charge >= 0.3 is 6.18 Å². The van der Waals surface area contributed by atoms with E-state index < -0.39 is 11.7 Å². The molecule has 0 atom stereocenters. The van der Waals surface area contributed by atoms with Crippen molar-refractivity contribution >= 4 is 17.1 Å². The van der Waals surface area contributed by atoms with E-state index in [1.165, 1.54) is 12.1 Å². The van der Waals surface area contributed by atoms with E-state index >= 15 is 0 Å². The van der Waals surface area contributed by atoms with Crippen LogP contribution in [0.15, 0.2) is 30.6 Å². The van der Waals surface area contributed by atoms with Gasteiger partial charge < -0.3 is 25.8 Å². The fourth-order valence-electron chi connectivity index (χ4n) is 3.95. The van der Waals surface area contributed by atoms with Gasteiger partial charge in [-0.25, -0.2) is 5.84 Å². The summed E-state index contributed by atoms with van der Waals surface area (Å²) in [5, 5.41) is 20.3. The zero-order valence-corrected chi connectivity index (χ0v) is 22.5. The Morgan fingerprint density at radius 1 is 1.18 bits per heavy atom. The summed E-state index contributed by atoms with van der Waals surface area (Å²) >= 11 is 0. The number of nitrogens with zero attached hydrogens (tertiary/aromatic N) is 4. The van der Waals surface area contributed by atoms with Crippen LogP contribution in [0.4, 0.5) is 24.5 Å². The molecule has 1 aromatic carbocycles.